The van der Waals surface area contributed by atoms with Gasteiger partial charge in [-0.2, -0.15) is 5.26 Å². The van der Waals surface area contributed by atoms with Gasteiger partial charge in [0, 0.05) is 40.1 Å². The van der Waals surface area contributed by atoms with Gasteiger partial charge < -0.3 is 32.1 Å². The summed E-state index contributed by atoms with van der Waals surface area (Å²) in [4.78, 5) is 16.9. The molecule has 0 radical (unpaired) electrons. The third-order valence-electron chi connectivity index (χ3n) is 8.03. The van der Waals surface area contributed by atoms with E-state index in [1.165, 1.54) is 22.1 Å². The molecule has 0 aliphatic heterocycles. The topological polar surface area (TPSA) is 117 Å². The van der Waals surface area contributed by atoms with E-state index in [9.17, 15) is 14.3 Å². The average Bonchev–Trinajstić information content (AvgIpc) is 3.71. The fourth-order valence-electron chi connectivity index (χ4n) is 5.50. The Balaban J connectivity index is 0.00000520. The van der Waals surface area contributed by atoms with Crippen LogP contribution in [-0.2, 0) is 23.5 Å². The average molecular weight is 738 g/mol. The van der Waals surface area contributed by atoms with Crippen LogP contribution in [0.1, 0.15) is 52.1 Å². The minimum atomic E-state index is -1.85. The molecule has 0 spiro atoms. The monoisotopic (exact) mass is 736 g/mol. The molecule has 48 heavy (non-hydrogen) atoms. The molecule has 2 heterocycles. The number of nitriles is 1. The minimum absolute atomic E-state index is 0. The number of ether oxygens (including phenoxy) is 1. The lowest BCUT2D eigenvalue weighted by Crippen LogP contribution is -3.00. The van der Waals surface area contributed by atoms with Crippen molar-refractivity contribution in [1.29, 1.82) is 5.26 Å². The van der Waals surface area contributed by atoms with Gasteiger partial charge in [-0.15, -0.1) is 16.0 Å². The Morgan fingerprint density at radius 3 is 2.52 bits per heavy atom. The molecule has 3 aromatic carbocycles. The van der Waals surface area contributed by atoms with Gasteiger partial charge in [-0.25, -0.2) is 18.3 Å². The number of aliphatic hydroxyl groups is 1. The molecule has 0 bridgehead atoms. The number of hydrogen-bond donors (Lipinski definition) is 2. The second-order valence-electron chi connectivity index (χ2n) is 11.5. The molecular weight excluding hydrogens is 702 g/mol. The standard InChI is InChI=1S/C35H35F2N6O3S.BrH/c1-22-13-26(14-23(2)33(22)46-32(44)11-12-39-4)17-42-20-40-43(21-42)19-35(45,29-10-9-28(36)15-30(29)37)24(3)34-41-31(18-47-34)27-7-5-25(16-38)6-8-27;/h5-10,13-15,18,20-21,24,39,45H,11-12,17,19H2,1-4H3;1H/q+1;/p-1/t24-,35+;/m0./s1. The number of halogens is 3. The Bertz CT molecular complexity index is 1920. The SMILES string of the molecule is CNCCC(=O)Oc1c(C)cc(C[n+]2cnn(C[C@](O)(c3ccc(F)cc3F)[C@@H](C)c3nc(-c4ccc(C#N)cc4)cs3)c2)cc1C.[Br-]. The van der Waals surface area contributed by atoms with E-state index in [2.05, 4.69) is 16.5 Å². The maximum atomic E-state index is 15.3. The van der Waals surface area contributed by atoms with Crippen LogP contribution in [0.2, 0.25) is 0 Å². The fraction of sp³-hybridized carbons (Fsp3) is 0.286. The lowest BCUT2D eigenvalue weighted by molar-refractivity contribution is -0.689. The molecular formula is C35H35BrF2N6O3S. The fourth-order valence-corrected chi connectivity index (χ4v) is 6.47. The predicted molar refractivity (Wildman–Crippen MR) is 173 cm³/mol. The van der Waals surface area contributed by atoms with E-state index in [1.807, 2.05) is 35.9 Å². The first-order valence-electron chi connectivity index (χ1n) is 15.0. The van der Waals surface area contributed by atoms with Crippen molar-refractivity contribution in [3.63, 3.8) is 0 Å². The molecule has 0 amide bonds. The number of aromatic nitrogens is 4. The second kappa shape index (κ2) is 15.7. The van der Waals surface area contributed by atoms with Crippen LogP contribution in [0, 0.1) is 36.8 Å². The number of rotatable bonds is 12. The molecule has 9 nitrogen and oxygen atoms in total. The van der Waals surface area contributed by atoms with Crippen LogP contribution in [0.4, 0.5) is 8.78 Å². The predicted octanol–water partition coefficient (Wildman–Crippen LogP) is 2.32. The maximum Gasteiger partial charge on any atom is 0.312 e. The van der Waals surface area contributed by atoms with Gasteiger partial charge in [-0.05, 0) is 67.9 Å². The molecule has 0 aliphatic carbocycles. The zero-order valence-corrected chi connectivity index (χ0v) is 29.3. The van der Waals surface area contributed by atoms with Crippen molar-refractivity contribution in [1.82, 2.24) is 20.1 Å². The highest BCUT2D eigenvalue weighted by Crippen LogP contribution is 2.41. The summed E-state index contributed by atoms with van der Waals surface area (Å²) in [5, 5.41) is 31.2. The van der Waals surface area contributed by atoms with Crippen LogP contribution in [0.15, 0.2) is 72.6 Å². The quantitative estimate of drug-likeness (QED) is 0.115. The van der Waals surface area contributed by atoms with E-state index in [4.69, 9.17) is 15.0 Å². The summed E-state index contributed by atoms with van der Waals surface area (Å²) in [5.41, 5.74) is 2.65. The Labute approximate surface area is 292 Å². The number of esters is 1. The first kappa shape index (κ1) is 36.5. The number of benzene rings is 3. The molecule has 2 N–H and O–H groups in total. The summed E-state index contributed by atoms with van der Waals surface area (Å²) in [5.74, 6) is -2.11. The first-order chi connectivity index (χ1) is 22.5. The van der Waals surface area contributed by atoms with Gasteiger partial charge in [0.15, 0.2) is 0 Å². The number of nitrogens with zero attached hydrogens (tertiary/aromatic N) is 5. The van der Waals surface area contributed by atoms with Gasteiger partial charge >= 0.3 is 5.97 Å². The van der Waals surface area contributed by atoms with Crippen LogP contribution < -0.4 is 31.6 Å². The third-order valence-corrected chi connectivity index (χ3v) is 9.06. The molecule has 5 rings (SSSR count). The van der Waals surface area contributed by atoms with Crippen LogP contribution in [-0.4, -0.2) is 39.4 Å². The lowest BCUT2D eigenvalue weighted by Gasteiger charge is -2.32. The van der Waals surface area contributed by atoms with Crippen molar-refractivity contribution < 1.29 is 45.0 Å². The summed E-state index contributed by atoms with van der Waals surface area (Å²) in [6, 6.07) is 16.1. The molecule has 250 valence electrons. The van der Waals surface area contributed by atoms with E-state index < -0.39 is 23.2 Å². The smallest absolute Gasteiger partial charge is 0.312 e. The van der Waals surface area contributed by atoms with Gasteiger partial charge in [-0.1, -0.05) is 25.1 Å². The Hall–Kier alpha value is -4.35. The number of hydrogen-bond acceptors (Lipinski definition) is 8. The minimum Gasteiger partial charge on any atom is -1.00 e. The van der Waals surface area contributed by atoms with Crippen molar-refractivity contribution in [3.8, 4) is 23.1 Å². The van der Waals surface area contributed by atoms with E-state index in [0.717, 1.165) is 34.4 Å². The molecule has 2 atom stereocenters. The van der Waals surface area contributed by atoms with Crippen LogP contribution >= 0.6 is 11.3 Å². The summed E-state index contributed by atoms with van der Waals surface area (Å²) >= 11 is 1.32. The van der Waals surface area contributed by atoms with Crippen LogP contribution in [0.25, 0.3) is 11.3 Å². The van der Waals surface area contributed by atoms with Crippen molar-refractivity contribution >= 4 is 17.3 Å². The van der Waals surface area contributed by atoms with E-state index in [0.29, 0.717) is 35.1 Å². The van der Waals surface area contributed by atoms with Gasteiger partial charge in [-0.3, -0.25) is 4.79 Å². The first-order valence-corrected chi connectivity index (χ1v) is 15.9. The zero-order chi connectivity index (χ0) is 33.7. The maximum absolute atomic E-state index is 15.3. The number of carbonyl (C=O) groups excluding carboxylic acids is 1. The summed E-state index contributed by atoms with van der Waals surface area (Å²) in [6.07, 6.45) is 3.58. The number of aryl methyl sites for hydroxylation is 2. The zero-order valence-electron chi connectivity index (χ0n) is 26.9. The molecule has 5 aromatic rings. The number of carbonyl (C=O) groups is 1. The van der Waals surface area contributed by atoms with Crippen LogP contribution in [0.3, 0.4) is 0 Å². The highest BCUT2D eigenvalue weighted by atomic mass is 79.9. The Kier molecular flexibility index (Phi) is 11.9. The number of nitrogens with one attached hydrogen (secondary N) is 1. The highest BCUT2D eigenvalue weighted by molar-refractivity contribution is 7.10. The van der Waals surface area contributed by atoms with Crippen LogP contribution in [0.5, 0.6) is 5.75 Å². The van der Waals surface area contributed by atoms with Crippen molar-refractivity contribution in [2.45, 2.75) is 51.8 Å². The van der Waals surface area contributed by atoms with Gasteiger partial charge in [0.05, 0.1) is 35.3 Å². The lowest BCUT2D eigenvalue weighted by atomic mass is 9.82. The summed E-state index contributed by atoms with van der Waals surface area (Å²) < 4.78 is 38.2. The molecule has 2 aromatic heterocycles. The highest BCUT2D eigenvalue weighted by Gasteiger charge is 2.43. The van der Waals surface area contributed by atoms with Crippen molar-refractivity contribution in [2.75, 3.05) is 13.6 Å². The van der Waals surface area contributed by atoms with E-state index >= 15 is 4.39 Å². The normalized spacial score (nSPS) is 12.9. The van der Waals surface area contributed by atoms with Gasteiger partial charge in [0.2, 0.25) is 6.33 Å². The molecule has 0 saturated heterocycles. The molecule has 0 unspecified atom stereocenters. The molecule has 0 saturated carbocycles. The second-order valence-corrected chi connectivity index (χ2v) is 12.4. The summed E-state index contributed by atoms with van der Waals surface area (Å²) in [6.45, 7) is 6.34. The van der Waals surface area contributed by atoms with Gasteiger partial charge in [0.1, 0.15) is 29.5 Å². The molecule has 0 aliphatic rings. The number of thiazole rings is 1. The van der Waals surface area contributed by atoms with Crippen molar-refractivity contribution in [3.05, 3.63) is 117 Å². The van der Waals surface area contributed by atoms with Crippen molar-refractivity contribution in [2.24, 2.45) is 0 Å². The van der Waals surface area contributed by atoms with Gasteiger partial charge in [0.25, 0.3) is 6.33 Å². The largest absolute Gasteiger partial charge is 1.00 e. The molecule has 13 heteroatoms. The molecule has 0 fully saturated rings. The Morgan fingerprint density at radius 1 is 1.17 bits per heavy atom. The summed E-state index contributed by atoms with van der Waals surface area (Å²) in [7, 11) is 1.77. The van der Waals surface area contributed by atoms with E-state index in [-0.39, 0.29) is 41.5 Å². The third kappa shape index (κ3) is 8.19. The Morgan fingerprint density at radius 2 is 1.88 bits per heavy atom. The van der Waals surface area contributed by atoms with E-state index in [1.54, 1.807) is 50.9 Å².